The molecule has 3 heteroatoms. The molecule has 1 atom stereocenters. The van der Waals surface area contributed by atoms with Crippen LogP contribution < -0.4 is 0 Å². The zero-order chi connectivity index (χ0) is 13.7. The fourth-order valence-electron chi connectivity index (χ4n) is 2.04. The van der Waals surface area contributed by atoms with Gasteiger partial charge in [0.2, 0.25) is 0 Å². The molecule has 1 unspecified atom stereocenters. The summed E-state index contributed by atoms with van der Waals surface area (Å²) in [6.45, 7) is 7.51. The van der Waals surface area contributed by atoms with Crippen LogP contribution in [0.25, 0.3) is 0 Å². The second-order valence-electron chi connectivity index (χ2n) is 5.06. The highest BCUT2D eigenvalue weighted by Gasteiger charge is 2.17. The van der Waals surface area contributed by atoms with Gasteiger partial charge in [0, 0.05) is 13.1 Å². The fraction of sp³-hybridized carbons (Fsp3) is 0.533. The molecule has 0 amide bonds. The zero-order valence-electron chi connectivity index (χ0n) is 11.7. The van der Waals surface area contributed by atoms with Gasteiger partial charge in [-0.1, -0.05) is 25.1 Å². The van der Waals surface area contributed by atoms with Gasteiger partial charge in [0.15, 0.2) is 0 Å². The molecule has 0 spiro atoms. The SMILES string of the molecule is CCC(CN(C)Cc1ccc(C)c(C)c1)C(=O)O. The predicted molar refractivity (Wildman–Crippen MR) is 73.7 cm³/mol. The zero-order valence-corrected chi connectivity index (χ0v) is 11.7. The van der Waals surface area contributed by atoms with Gasteiger partial charge in [0.1, 0.15) is 0 Å². The first-order valence-corrected chi connectivity index (χ1v) is 6.41. The minimum absolute atomic E-state index is 0.276. The van der Waals surface area contributed by atoms with Crippen LogP contribution in [-0.4, -0.2) is 29.6 Å². The smallest absolute Gasteiger partial charge is 0.307 e. The summed E-state index contributed by atoms with van der Waals surface area (Å²) >= 11 is 0. The quantitative estimate of drug-likeness (QED) is 0.842. The molecule has 0 fully saturated rings. The maximum atomic E-state index is 11.0. The molecular formula is C15H23NO2. The van der Waals surface area contributed by atoms with Crippen molar-refractivity contribution >= 4 is 5.97 Å². The van der Waals surface area contributed by atoms with Crippen LogP contribution in [0.3, 0.4) is 0 Å². The summed E-state index contributed by atoms with van der Waals surface area (Å²) in [5.74, 6) is -0.981. The van der Waals surface area contributed by atoms with E-state index in [0.717, 1.165) is 6.54 Å². The Bertz CT molecular complexity index is 415. The van der Waals surface area contributed by atoms with Gasteiger partial charge < -0.3 is 10.0 Å². The molecule has 1 aromatic carbocycles. The van der Waals surface area contributed by atoms with Gasteiger partial charge in [-0.25, -0.2) is 0 Å². The molecule has 0 radical (unpaired) electrons. The number of rotatable bonds is 6. The van der Waals surface area contributed by atoms with Gasteiger partial charge in [-0.15, -0.1) is 0 Å². The number of aliphatic carboxylic acids is 1. The van der Waals surface area contributed by atoms with E-state index in [0.29, 0.717) is 13.0 Å². The molecule has 0 aliphatic carbocycles. The summed E-state index contributed by atoms with van der Waals surface area (Å²) in [7, 11) is 1.97. The Kier molecular flexibility index (Phi) is 5.35. The average molecular weight is 249 g/mol. The Labute approximate surface area is 109 Å². The predicted octanol–water partition coefficient (Wildman–Crippen LogP) is 2.85. The van der Waals surface area contributed by atoms with Crippen LogP contribution in [0.2, 0.25) is 0 Å². The van der Waals surface area contributed by atoms with Gasteiger partial charge in [-0.05, 0) is 44.0 Å². The molecule has 0 saturated carbocycles. The van der Waals surface area contributed by atoms with E-state index in [1.54, 1.807) is 0 Å². The van der Waals surface area contributed by atoms with Crippen molar-refractivity contribution in [3.05, 3.63) is 34.9 Å². The number of hydrogen-bond acceptors (Lipinski definition) is 2. The monoisotopic (exact) mass is 249 g/mol. The Hall–Kier alpha value is -1.35. The topological polar surface area (TPSA) is 40.5 Å². The van der Waals surface area contributed by atoms with Crippen molar-refractivity contribution in [2.45, 2.75) is 33.7 Å². The standard InChI is InChI=1S/C15H23NO2/c1-5-14(15(17)18)10-16(4)9-13-7-6-11(2)12(3)8-13/h6-8,14H,5,9-10H2,1-4H3,(H,17,18). The minimum atomic E-state index is -0.704. The number of benzene rings is 1. The minimum Gasteiger partial charge on any atom is -0.481 e. The summed E-state index contributed by atoms with van der Waals surface area (Å²) in [6, 6.07) is 6.40. The summed E-state index contributed by atoms with van der Waals surface area (Å²) in [5.41, 5.74) is 3.81. The highest BCUT2D eigenvalue weighted by atomic mass is 16.4. The third-order valence-corrected chi connectivity index (χ3v) is 3.40. The van der Waals surface area contributed by atoms with Crippen molar-refractivity contribution in [3.8, 4) is 0 Å². The summed E-state index contributed by atoms with van der Waals surface area (Å²) in [4.78, 5) is 13.1. The molecule has 1 N–H and O–H groups in total. The first-order chi connectivity index (χ1) is 8.43. The highest BCUT2D eigenvalue weighted by molar-refractivity contribution is 5.70. The molecule has 1 aromatic rings. The highest BCUT2D eigenvalue weighted by Crippen LogP contribution is 2.13. The van der Waals surface area contributed by atoms with Crippen molar-refractivity contribution in [1.82, 2.24) is 4.90 Å². The Morgan fingerprint density at radius 1 is 1.33 bits per heavy atom. The van der Waals surface area contributed by atoms with Crippen molar-refractivity contribution in [3.63, 3.8) is 0 Å². The Morgan fingerprint density at radius 3 is 2.50 bits per heavy atom. The maximum absolute atomic E-state index is 11.0. The normalized spacial score (nSPS) is 12.7. The lowest BCUT2D eigenvalue weighted by Crippen LogP contribution is -2.29. The molecule has 18 heavy (non-hydrogen) atoms. The van der Waals surface area contributed by atoms with Gasteiger partial charge in [0.25, 0.3) is 0 Å². The lowest BCUT2D eigenvalue weighted by Gasteiger charge is -2.21. The van der Waals surface area contributed by atoms with E-state index in [2.05, 4.69) is 36.9 Å². The van der Waals surface area contributed by atoms with Crippen LogP contribution in [0.5, 0.6) is 0 Å². The van der Waals surface area contributed by atoms with Crippen molar-refractivity contribution in [1.29, 1.82) is 0 Å². The Balaban J connectivity index is 2.61. The molecular weight excluding hydrogens is 226 g/mol. The molecule has 0 saturated heterocycles. The average Bonchev–Trinajstić information content (AvgIpc) is 2.30. The molecule has 0 bridgehead atoms. The van der Waals surface area contributed by atoms with Crippen LogP contribution in [0, 0.1) is 19.8 Å². The van der Waals surface area contributed by atoms with E-state index in [1.165, 1.54) is 16.7 Å². The first kappa shape index (κ1) is 14.7. The van der Waals surface area contributed by atoms with E-state index >= 15 is 0 Å². The Morgan fingerprint density at radius 2 is 2.00 bits per heavy atom. The van der Waals surface area contributed by atoms with E-state index in [-0.39, 0.29) is 5.92 Å². The van der Waals surface area contributed by atoms with E-state index in [1.807, 2.05) is 14.0 Å². The molecule has 0 aromatic heterocycles. The van der Waals surface area contributed by atoms with Crippen LogP contribution in [-0.2, 0) is 11.3 Å². The van der Waals surface area contributed by atoms with Crippen LogP contribution in [0.1, 0.15) is 30.0 Å². The van der Waals surface area contributed by atoms with Crippen LogP contribution in [0.4, 0.5) is 0 Å². The third kappa shape index (κ3) is 4.15. The molecule has 3 nitrogen and oxygen atoms in total. The van der Waals surface area contributed by atoms with Gasteiger partial charge in [-0.2, -0.15) is 0 Å². The van der Waals surface area contributed by atoms with E-state index in [9.17, 15) is 4.79 Å². The molecule has 0 heterocycles. The molecule has 0 aliphatic heterocycles. The maximum Gasteiger partial charge on any atom is 0.307 e. The van der Waals surface area contributed by atoms with Gasteiger partial charge in [0.05, 0.1) is 5.92 Å². The lowest BCUT2D eigenvalue weighted by atomic mass is 10.0. The molecule has 0 aliphatic rings. The number of hydrogen-bond donors (Lipinski definition) is 1. The van der Waals surface area contributed by atoms with E-state index < -0.39 is 5.97 Å². The summed E-state index contributed by atoms with van der Waals surface area (Å²) < 4.78 is 0. The van der Waals surface area contributed by atoms with Crippen molar-refractivity contribution in [2.24, 2.45) is 5.92 Å². The van der Waals surface area contributed by atoms with Crippen molar-refractivity contribution in [2.75, 3.05) is 13.6 Å². The number of carbonyl (C=O) groups is 1. The number of carboxylic acid groups (broad SMARTS) is 1. The van der Waals surface area contributed by atoms with E-state index in [4.69, 9.17) is 5.11 Å². The number of carboxylic acids is 1. The second-order valence-corrected chi connectivity index (χ2v) is 5.06. The third-order valence-electron chi connectivity index (χ3n) is 3.40. The first-order valence-electron chi connectivity index (χ1n) is 6.41. The summed E-state index contributed by atoms with van der Waals surface area (Å²) in [6.07, 6.45) is 0.673. The lowest BCUT2D eigenvalue weighted by molar-refractivity contribution is -0.142. The van der Waals surface area contributed by atoms with Gasteiger partial charge in [-0.3, -0.25) is 4.79 Å². The van der Waals surface area contributed by atoms with Crippen molar-refractivity contribution < 1.29 is 9.90 Å². The molecule has 100 valence electrons. The largest absolute Gasteiger partial charge is 0.481 e. The summed E-state index contributed by atoms with van der Waals surface area (Å²) in [5, 5.41) is 9.04. The molecule has 1 rings (SSSR count). The number of nitrogens with zero attached hydrogens (tertiary/aromatic N) is 1. The van der Waals surface area contributed by atoms with Gasteiger partial charge >= 0.3 is 5.97 Å². The van der Waals surface area contributed by atoms with Crippen LogP contribution >= 0.6 is 0 Å². The second kappa shape index (κ2) is 6.55. The van der Waals surface area contributed by atoms with Crippen LogP contribution in [0.15, 0.2) is 18.2 Å². The number of aryl methyl sites for hydroxylation is 2. The fourth-order valence-corrected chi connectivity index (χ4v) is 2.04.